The van der Waals surface area contributed by atoms with Crippen molar-refractivity contribution in [3.8, 4) is 0 Å². The Balaban J connectivity index is 1.75. The Morgan fingerprint density at radius 3 is 2.65 bits per heavy atom. The highest BCUT2D eigenvalue weighted by Crippen LogP contribution is 2.12. The van der Waals surface area contributed by atoms with Gasteiger partial charge in [0.2, 0.25) is 15.9 Å². The summed E-state index contributed by atoms with van der Waals surface area (Å²) in [5, 5.41) is 6.32. The minimum absolute atomic E-state index is 0.0440. The molecule has 6 nitrogen and oxygen atoms in total. The molecule has 0 bridgehead atoms. The van der Waals surface area contributed by atoms with Crippen molar-refractivity contribution >= 4 is 15.9 Å². The molecule has 0 spiro atoms. The fourth-order valence-electron chi connectivity index (χ4n) is 2.66. The van der Waals surface area contributed by atoms with E-state index in [1.807, 2.05) is 0 Å². The Bertz CT molecular complexity index is 608. The summed E-state index contributed by atoms with van der Waals surface area (Å²) in [6.45, 7) is 2.77. The van der Waals surface area contributed by atoms with Crippen LogP contribution in [-0.4, -0.2) is 41.0 Å². The van der Waals surface area contributed by atoms with E-state index >= 15 is 0 Å². The number of carbonyl (C=O) groups is 1. The number of sulfonamides is 1. The molecule has 0 aromatic heterocycles. The van der Waals surface area contributed by atoms with E-state index in [2.05, 4.69) is 15.4 Å². The molecule has 1 aromatic rings. The predicted octanol–water partition coefficient (Wildman–Crippen LogP) is 0.643. The van der Waals surface area contributed by atoms with Gasteiger partial charge < -0.3 is 10.6 Å². The zero-order valence-corrected chi connectivity index (χ0v) is 14.3. The second kappa shape index (κ2) is 8.42. The third kappa shape index (κ3) is 5.60. The van der Waals surface area contributed by atoms with Gasteiger partial charge in [0, 0.05) is 13.0 Å². The monoisotopic (exact) mass is 339 g/mol. The molecule has 1 atom stereocenters. The summed E-state index contributed by atoms with van der Waals surface area (Å²) >= 11 is 0. The van der Waals surface area contributed by atoms with Crippen LogP contribution in [-0.2, 0) is 21.2 Å². The number of amides is 1. The molecular weight excluding hydrogens is 314 g/mol. The van der Waals surface area contributed by atoms with Gasteiger partial charge in [-0.1, -0.05) is 12.1 Å². The maximum Gasteiger partial charge on any atom is 0.240 e. The topological polar surface area (TPSA) is 87.3 Å². The average Bonchev–Trinajstić information content (AvgIpc) is 2.59. The Kier molecular flexibility index (Phi) is 6.56. The molecule has 0 aliphatic carbocycles. The lowest BCUT2D eigenvalue weighted by atomic mass is 10.00. The van der Waals surface area contributed by atoms with Crippen LogP contribution in [0.3, 0.4) is 0 Å². The summed E-state index contributed by atoms with van der Waals surface area (Å²) in [4.78, 5) is 12.1. The summed E-state index contributed by atoms with van der Waals surface area (Å²) in [6, 6.07) is 6.63. The third-order valence-corrected chi connectivity index (χ3v) is 5.56. The number of benzene rings is 1. The Hall–Kier alpha value is -1.44. The maximum absolute atomic E-state index is 11.9. The number of rotatable bonds is 7. The lowest BCUT2D eigenvalue weighted by molar-refractivity contribution is -0.121. The quantitative estimate of drug-likeness (QED) is 0.680. The van der Waals surface area contributed by atoms with Crippen LogP contribution in [0.15, 0.2) is 29.2 Å². The van der Waals surface area contributed by atoms with Crippen LogP contribution in [0.4, 0.5) is 0 Å². The predicted molar refractivity (Wildman–Crippen MR) is 89.6 cm³/mol. The molecule has 1 heterocycles. The second-order valence-electron chi connectivity index (χ2n) is 5.87. The van der Waals surface area contributed by atoms with Crippen LogP contribution in [0.25, 0.3) is 0 Å². The van der Waals surface area contributed by atoms with Gasteiger partial charge in [0.15, 0.2) is 0 Å². The highest BCUT2D eigenvalue weighted by molar-refractivity contribution is 7.89. The number of carbonyl (C=O) groups excluding carboxylic acids is 1. The van der Waals surface area contributed by atoms with Crippen molar-refractivity contribution in [3.63, 3.8) is 0 Å². The first-order valence-electron chi connectivity index (χ1n) is 8.01. The Morgan fingerprint density at radius 1 is 1.30 bits per heavy atom. The van der Waals surface area contributed by atoms with E-state index in [-0.39, 0.29) is 10.8 Å². The van der Waals surface area contributed by atoms with E-state index in [4.69, 9.17) is 0 Å². The zero-order valence-electron chi connectivity index (χ0n) is 13.5. The normalized spacial score (nSPS) is 18.6. The Morgan fingerprint density at radius 2 is 2.04 bits per heavy atom. The van der Waals surface area contributed by atoms with E-state index in [1.165, 1.54) is 13.5 Å². The Labute approximate surface area is 138 Å². The first-order chi connectivity index (χ1) is 11.0. The standard InChI is InChI=1S/C16H25N3O3S/c1-17-23(21,22)15-7-4-13(5-8-15)6-9-16(20)19-12-14-3-2-10-18-11-14/h4-5,7-8,14,17-18H,2-3,6,9-12H2,1H3,(H,19,20). The van der Waals surface area contributed by atoms with E-state index < -0.39 is 10.0 Å². The van der Waals surface area contributed by atoms with Crippen LogP contribution in [0.2, 0.25) is 0 Å². The molecule has 3 N–H and O–H groups in total. The molecule has 1 aromatic carbocycles. The highest BCUT2D eigenvalue weighted by atomic mass is 32.2. The molecule has 128 valence electrons. The number of piperidine rings is 1. The van der Waals surface area contributed by atoms with E-state index in [0.29, 0.717) is 18.8 Å². The molecule has 0 radical (unpaired) electrons. The molecule has 7 heteroatoms. The summed E-state index contributed by atoms with van der Waals surface area (Å²) in [5.41, 5.74) is 0.953. The molecule has 2 rings (SSSR count). The van der Waals surface area contributed by atoms with Gasteiger partial charge in [0.05, 0.1) is 4.90 Å². The molecule has 1 unspecified atom stereocenters. The molecule has 1 aliphatic heterocycles. The van der Waals surface area contributed by atoms with Crippen LogP contribution in [0.1, 0.15) is 24.8 Å². The molecule has 1 aliphatic rings. The van der Waals surface area contributed by atoms with Crippen molar-refractivity contribution in [1.29, 1.82) is 0 Å². The van der Waals surface area contributed by atoms with Gasteiger partial charge in [-0.3, -0.25) is 4.79 Å². The van der Waals surface area contributed by atoms with Crippen LogP contribution < -0.4 is 15.4 Å². The van der Waals surface area contributed by atoms with Crippen LogP contribution in [0.5, 0.6) is 0 Å². The van der Waals surface area contributed by atoms with Crippen molar-refractivity contribution < 1.29 is 13.2 Å². The molecular formula is C16H25N3O3S. The van der Waals surface area contributed by atoms with Crippen molar-refractivity contribution in [2.24, 2.45) is 5.92 Å². The molecule has 1 amide bonds. The number of nitrogens with one attached hydrogen (secondary N) is 3. The first kappa shape index (κ1) is 17.9. The molecule has 0 saturated carbocycles. The summed E-state index contributed by atoms with van der Waals surface area (Å²) < 4.78 is 25.5. The minimum atomic E-state index is -3.40. The highest BCUT2D eigenvalue weighted by Gasteiger charge is 2.14. The fourth-order valence-corrected chi connectivity index (χ4v) is 3.39. The van der Waals surface area contributed by atoms with Crippen molar-refractivity contribution in [1.82, 2.24) is 15.4 Å². The van der Waals surface area contributed by atoms with Gasteiger partial charge in [-0.25, -0.2) is 13.1 Å². The van der Waals surface area contributed by atoms with Crippen molar-refractivity contribution in [3.05, 3.63) is 29.8 Å². The minimum Gasteiger partial charge on any atom is -0.356 e. The SMILES string of the molecule is CNS(=O)(=O)c1ccc(CCC(=O)NCC2CCCNC2)cc1. The van der Waals surface area contributed by atoms with Gasteiger partial charge in [-0.15, -0.1) is 0 Å². The molecule has 23 heavy (non-hydrogen) atoms. The van der Waals surface area contributed by atoms with Gasteiger partial charge in [0.1, 0.15) is 0 Å². The number of hydrogen-bond acceptors (Lipinski definition) is 4. The lowest BCUT2D eigenvalue weighted by Crippen LogP contribution is -2.38. The maximum atomic E-state index is 11.9. The summed E-state index contributed by atoms with van der Waals surface area (Å²) in [5.74, 6) is 0.571. The van der Waals surface area contributed by atoms with Crippen molar-refractivity contribution in [2.45, 2.75) is 30.6 Å². The number of aryl methyl sites for hydroxylation is 1. The second-order valence-corrected chi connectivity index (χ2v) is 7.75. The van der Waals surface area contributed by atoms with Crippen LogP contribution in [0, 0.1) is 5.92 Å². The summed E-state index contributed by atoms with van der Waals surface area (Å²) in [7, 11) is -2.02. The van der Waals surface area contributed by atoms with E-state index in [9.17, 15) is 13.2 Å². The van der Waals surface area contributed by atoms with Crippen molar-refractivity contribution in [2.75, 3.05) is 26.7 Å². The molecule has 1 saturated heterocycles. The number of hydrogen-bond donors (Lipinski definition) is 3. The van der Waals surface area contributed by atoms with E-state index in [1.54, 1.807) is 24.3 Å². The lowest BCUT2D eigenvalue weighted by Gasteiger charge is -2.22. The van der Waals surface area contributed by atoms with E-state index in [0.717, 1.165) is 31.6 Å². The third-order valence-electron chi connectivity index (χ3n) is 4.13. The largest absolute Gasteiger partial charge is 0.356 e. The fraction of sp³-hybridized carbons (Fsp3) is 0.562. The van der Waals surface area contributed by atoms with Crippen LogP contribution >= 0.6 is 0 Å². The molecule has 1 fully saturated rings. The van der Waals surface area contributed by atoms with Gasteiger partial charge in [0.25, 0.3) is 0 Å². The van der Waals surface area contributed by atoms with Gasteiger partial charge >= 0.3 is 0 Å². The first-order valence-corrected chi connectivity index (χ1v) is 9.49. The van der Waals surface area contributed by atoms with Gasteiger partial charge in [-0.05, 0) is 63.0 Å². The summed E-state index contributed by atoms with van der Waals surface area (Å²) in [6.07, 6.45) is 3.35. The zero-order chi connectivity index (χ0) is 16.7. The average molecular weight is 339 g/mol. The van der Waals surface area contributed by atoms with Gasteiger partial charge in [-0.2, -0.15) is 0 Å². The smallest absolute Gasteiger partial charge is 0.240 e.